The Morgan fingerprint density at radius 1 is 0.750 bits per heavy atom. The van der Waals surface area contributed by atoms with Gasteiger partial charge in [0.25, 0.3) is 0 Å². The van der Waals surface area contributed by atoms with Gasteiger partial charge in [0.1, 0.15) is 0 Å². The molecule has 0 rings (SSSR count). The molecule has 0 aromatic rings. The average molecular weight is 248 g/mol. The minimum atomic E-state index is -1.62. The van der Waals surface area contributed by atoms with E-state index in [2.05, 4.69) is 9.68 Å². The number of carbonyl (C=O) groups is 3. The summed E-state index contributed by atoms with van der Waals surface area (Å²) in [5.74, 6) is 0. The molecule has 0 radical (unpaired) electrons. The Balaban J connectivity index is -0.000000101. The summed E-state index contributed by atoms with van der Waals surface area (Å²) in [6.07, 6.45) is -4.79. The van der Waals surface area contributed by atoms with Crippen molar-refractivity contribution in [3.8, 4) is 0 Å². The standard InChI is InChI=1S/C3H4N2O7.4H3N/c6-1(7)4-11-3(10)12-5-2(8)9;;;;/h4-5H,(H,6,7)(H,8,9);4*1H3. The summed E-state index contributed by atoms with van der Waals surface area (Å²) in [7, 11) is 0. The third kappa shape index (κ3) is 22.6. The van der Waals surface area contributed by atoms with E-state index in [-0.39, 0.29) is 24.6 Å². The van der Waals surface area contributed by atoms with E-state index in [9.17, 15) is 14.4 Å². The molecule has 100 valence electrons. The minimum Gasteiger partial charge on any atom is -0.463 e. The molecule has 13 heteroatoms. The lowest BCUT2D eigenvalue weighted by molar-refractivity contribution is -0.00675. The molecule has 0 aliphatic heterocycles. The first-order chi connectivity index (χ1) is 5.52. The first kappa shape index (κ1) is 29.2. The Morgan fingerprint density at radius 2 is 1.00 bits per heavy atom. The zero-order valence-corrected chi connectivity index (χ0v) is 8.26. The predicted octanol–water partition coefficient (Wildman–Crippen LogP) is 0.153. The number of carboxylic acid groups (broad SMARTS) is 2. The summed E-state index contributed by atoms with van der Waals surface area (Å²) in [5, 5.41) is 15.7. The predicted molar refractivity (Wildman–Crippen MR) is 50.0 cm³/mol. The van der Waals surface area contributed by atoms with Gasteiger partial charge in [0.2, 0.25) is 0 Å². The van der Waals surface area contributed by atoms with Gasteiger partial charge in [-0.05, 0) is 0 Å². The zero-order valence-electron chi connectivity index (χ0n) is 8.26. The number of amides is 2. The highest BCUT2D eigenvalue weighted by molar-refractivity contribution is 5.69. The van der Waals surface area contributed by atoms with Crippen molar-refractivity contribution < 1.29 is 34.3 Å². The van der Waals surface area contributed by atoms with Crippen LogP contribution in [-0.2, 0) is 9.68 Å². The molecule has 13 nitrogen and oxygen atoms in total. The molecule has 0 saturated heterocycles. The number of nitrogens with one attached hydrogen (secondary N) is 2. The van der Waals surface area contributed by atoms with Gasteiger partial charge in [-0.2, -0.15) is 4.79 Å². The topological polar surface area (TPSA) is 274 Å². The molecule has 0 fully saturated rings. The molecule has 0 spiro atoms. The second-order valence-electron chi connectivity index (χ2n) is 1.27. The second kappa shape index (κ2) is 15.1. The van der Waals surface area contributed by atoms with Gasteiger partial charge in [-0.25, -0.2) is 9.59 Å². The van der Waals surface area contributed by atoms with Crippen molar-refractivity contribution in [3.05, 3.63) is 0 Å². The van der Waals surface area contributed by atoms with E-state index in [1.54, 1.807) is 0 Å². The fourth-order valence-corrected chi connectivity index (χ4v) is 0.191. The number of hydroxylamine groups is 2. The normalized spacial score (nSPS) is 6.00. The van der Waals surface area contributed by atoms with Crippen LogP contribution in [0.1, 0.15) is 0 Å². The van der Waals surface area contributed by atoms with Crippen molar-refractivity contribution in [1.82, 2.24) is 35.6 Å². The smallest absolute Gasteiger partial charge is 0.463 e. The van der Waals surface area contributed by atoms with Crippen LogP contribution in [0.25, 0.3) is 0 Å². The van der Waals surface area contributed by atoms with Gasteiger partial charge in [-0.1, -0.05) is 0 Å². The first-order valence-corrected chi connectivity index (χ1v) is 2.38. The van der Waals surface area contributed by atoms with E-state index in [4.69, 9.17) is 10.2 Å². The van der Waals surface area contributed by atoms with Gasteiger partial charge < -0.3 is 44.5 Å². The third-order valence-corrected chi connectivity index (χ3v) is 0.443. The number of hydrogen-bond donors (Lipinski definition) is 8. The van der Waals surface area contributed by atoms with Gasteiger partial charge in [0.05, 0.1) is 0 Å². The summed E-state index contributed by atoms with van der Waals surface area (Å²) in [4.78, 5) is 36.7. The highest BCUT2D eigenvalue weighted by atomic mass is 16.9. The number of hydrogen-bond acceptors (Lipinski definition) is 9. The lowest BCUT2D eigenvalue weighted by Crippen LogP contribution is -2.31. The molecule has 0 heterocycles. The Bertz CT molecular complexity index is 188. The van der Waals surface area contributed by atoms with E-state index < -0.39 is 18.3 Å². The molecular weight excluding hydrogens is 232 g/mol. The van der Waals surface area contributed by atoms with Gasteiger partial charge in [-0.15, -0.1) is 11.0 Å². The van der Waals surface area contributed by atoms with Crippen molar-refractivity contribution in [2.45, 2.75) is 0 Å². The number of rotatable bonds is 0. The first-order valence-electron chi connectivity index (χ1n) is 2.38. The van der Waals surface area contributed by atoms with Crippen LogP contribution in [0.3, 0.4) is 0 Å². The zero-order chi connectivity index (χ0) is 9.56. The molecule has 16 heavy (non-hydrogen) atoms. The van der Waals surface area contributed by atoms with E-state index in [1.807, 2.05) is 0 Å². The SMILES string of the molecule is N.N.N.N.O=C(O)NOC(=O)ONC(=O)O. The maximum atomic E-state index is 10.2. The van der Waals surface area contributed by atoms with Crippen LogP contribution in [0.15, 0.2) is 0 Å². The average Bonchev–Trinajstić information content (AvgIpc) is 1.96. The van der Waals surface area contributed by atoms with Crippen LogP contribution in [-0.4, -0.2) is 28.6 Å². The third-order valence-electron chi connectivity index (χ3n) is 0.443. The molecule has 0 aliphatic carbocycles. The Kier molecular flexibility index (Phi) is 27.6. The van der Waals surface area contributed by atoms with Crippen LogP contribution in [0.4, 0.5) is 14.4 Å². The van der Waals surface area contributed by atoms with Crippen LogP contribution >= 0.6 is 0 Å². The maximum Gasteiger partial charge on any atom is 0.558 e. The molecule has 0 unspecified atom stereocenters. The maximum absolute atomic E-state index is 10.2. The minimum absolute atomic E-state index is 0. The van der Waals surface area contributed by atoms with Crippen molar-refractivity contribution in [2.75, 3.05) is 0 Å². The lowest BCUT2D eigenvalue weighted by Gasteiger charge is -2.01. The van der Waals surface area contributed by atoms with Crippen molar-refractivity contribution >= 4 is 18.3 Å². The van der Waals surface area contributed by atoms with Gasteiger partial charge in [0.15, 0.2) is 0 Å². The van der Waals surface area contributed by atoms with Crippen molar-refractivity contribution in [1.29, 1.82) is 0 Å². The molecule has 0 aromatic carbocycles. The van der Waals surface area contributed by atoms with Gasteiger partial charge in [0, 0.05) is 0 Å². The summed E-state index contributed by atoms with van der Waals surface area (Å²) in [6, 6.07) is 0. The molecule has 0 bridgehead atoms. The highest BCUT2D eigenvalue weighted by Gasteiger charge is 2.07. The second-order valence-corrected chi connectivity index (χ2v) is 1.27. The molecule has 0 saturated carbocycles. The van der Waals surface area contributed by atoms with Crippen molar-refractivity contribution in [2.24, 2.45) is 0 Å². The van der Waals surface area contributed by atoms with E-state index >= 15 is 0 Å². The van der Waals surface area contributed by atoms with Crippen LogP contribution in [0.5, 0.6) is 0 Å². The Morgan fingerprint density at radius 3 is 1.19 bits per heavy atom. The van der Waals surface area contributed by atoms with E-state index in [1.165, 1.54) is 11.0 Å². The summed E-state index contributed by atoms with van der Waals surface area (Å²) < 4.78 is 0. The fourth-order valence-electron chi connectivity index (χ4n) is 0.191. The van der Waals surface area contributed by atoms with E-state index in [0.717, 1.165) is 0 Å². The Labute approximate surface area is 89.3 Å². The summed E-state index contributed by atoms with van der Waals surface area (Å²) >= 11 is 0. The van der Waals surface area contributed by atoms with E-state index in [0.29, 0.717) is 0 Å². The number of carbonyl (C=O) groups excluding carboxylic acids is 1. The van der Waals surface area contributed by atoms with Crippen molar-refractivity contribution in [3.63, 3.8) is 0 Å². The summed E-state index contributed by atoms with van der Waals surface area (Å²) in [5.41, 5.74) is 2.36. The van der Waals surface area contributed by atoms with Gasteiger partial charge in [-0.3, -0.25) is 0 Å². The fraction of sp³-hybridized carbons (Fsp3) is 0. The largest absolute Gasteiger partial charge is 0.558 e. The molecule has 2 amide bonds. The van der Waals surface area contributed by atoms with Crippen LogP contribution in [0.2, 0.25) is 0 Å². The monoisotopic (exact) mass is 248 g/mol. The molecular formula is C3H16N6O7. The lowest BCUT2D eigenvalue weighted by atomic mass is 11.2. The Hall–Kier alpha value is -2.35. The van der Waals surface area contributed by atoms with Crippen LogP contribution < -0.4 is 35.6 Å². The molecule has 0 aliphatic rings. The highest BCUT2D eigenvalue weighted by Crippen LogP contribution is 1.77. The molecule has 0 atom stereocenters. The summed E-state index contributed by atoms with van der Waals surface area (Å²) in [6.45, 7) is 0. The van der Waals surface area contributed by atoms with Crippen LogP contribution in [0, 0.1) is 0 Å². The molecule has 16 N–H and O–H groups in total. The van der Waals surface area contributed by atoms with Gasteiger partial charge >= 0.3 is 18.3 Å². The molecule has 0 aromatic heterocycles. The quantitative estimate of drug-likeness (QED) is 0.267.